The Labute approximate surface area is 113 Å². The summed E-state index contributed by atoms with van der Waals surface area (Å²) in [5.41, 5.74) is -0.397. The Hall–Kier alpha value is -1.36. The van der Waals surface area contributed by atoms with Gasteiger partial charge in [-0.25, -0.2) is 4.79 Å². The van der Waals surface area contributed by atoms with Crippen LogP contribution in [-0.4, -0.2) is 21.7 Å². The number of hydrogen-bond acceptors (Lipinski definition) is 3. The van der Waals surface area contributed by atoms with Gasteiger partial charge in [0.1, 0.15) is 0 Å². The standard InChI is InChI=1S/C14H23N3O2/c1-2-16-11-8-13(18)17(14(16)19)10-5-9-15-12-6-3-4-7-12/h8,11-12,15H,2-7,9-10H2,1H3. The average Bonchev–Trinajstić information content (AvgIpc) is 2.91. The molecule has 1 heterocycles. The summed E-state index contributed by atoms with van der Waals surface area (Å²) in [7, 11) is 0. The van der Waals surface area contributed by atoms with Gasteiger partial charge in [-0.1, -0.05) is 12.8 Å². The topological polar surface area (TPSA) is 56.0 Å². The van der Waals surface area contributed by atoms with Crippen molar-refractivity contribution in [2.24, 2.45) is 0 Å². The highest BCUT2D eigenvalue weighted by molar-refractivity contribution is 4.86. The van der Waals surface area contributed by atoms with Crippen molar-refractivity contribution >= 4 is 0 Å². The van der Waals surface area contributed by atoms with Crippen LogP contribution in [0.5, 0.6) is 0 Å². The molecule has 0 amide bonds. The lowest BCUT2D eigenvalue weighted by Crippen LogP contribution is -2.39. The third-order valence-corrected chi connectivity index (χ3v) is 3.83. The molecule has 5 heteroatoms. The third-order valence-electron chi connectivity index (χ3n) is 3.83. The highest BCUT2D eigenvalue weighted by Crippen LogP contribution is 2.17. The summed E-state index contributed by atoms with van der Waals surface area (Å²) >= 11 is 0. The minimum atomic E-state index is -0.199. The fraction of sp³-hybridized carbons (Fsp3) is 0.714. The van der Waals surface area contributed by atoms with Crippen molar-refractivity contribution in [1.82, 2.24) is 14.5 Å². The molecule has 1 aromatic heterocycles. The van der Waals surface area contributed by atoms with Crippen LogP contribution in [0.2, 0.25) is 0 Å². The summed E-state index contributed by atoms with van der Waals surface area (Å²) in [5, 5.41) is 3.50. The molecule has 0 aromatic carbocycles. The van der Waals surface area contributed by atoms with E-state index in [-0.39, 0.29) is 11.2 Å². The van der Waals surface area contributed by atoms with Crippen molar-refractivity contribution < 1.29 is 0 Å². The van der Waals surface area contributed by atoms with E-state index in [9.17, 15) is 9.59 Å². The summed E-state index contributed by atoms with van der Waals surface area (Å²) in [4.78, 5) is 23.7. The van der Waals surface area contributed by atoms with Gasteiger partial charge in [-0.2, -0.15) is 0 Å². The molecular formula is C14H23N3O2. The lowest BCUT2D eigenvalue weighted by atomic mass is 10.2. The zero-order chi connectivity index (χ0) is 13.7. The van der Waals surface area contributed by atoms with Crippen molar-refractivity contribution in [2.75, 3.05) is 6.54 Å². The lowest BCUT2D eigenvalue weighted by molar-refractivity contribution is 0.478. The minimum Gasteiger partial charge on any atom is -0.314 e. The first-order valence-electron chi connectivity index (χ1n) is 7.26. The van der Waals surface area contributed by atoms with Crippen molar-refractivity contribution in [3.63, 3.8) is 0 Å². The number of nitrogens with one attached hydrogen (secondary N) is 1. The predicted molar refractivity (Wildman–Crippen MR) is 75.5 cm³/mol. The second-order valence-corrected chi connectivity index (χ2v) is 5.16. The Morgan fingerprint density at radius 2 is 2.05 bits per heavy atom. The SMILES string of the molecule is CCn1ccc(=O)n(CCCNC2CCCC2)c1=O. The lowest BCUT2D eigenvalue weighted by Gasteiger charge is -2.12. The zero-order valence-electron chi connectivity index (χ0n) is 11.6. The smallest absolute Gasteiger partial charge is 0.314 e. The Morgan fingerprint density at radius 3 is 2.74 bits per heavy atom. The van der Waals surface area contributed by atoms with Crippen LogP contribution in [0, 0.1) is 0 Å². The second-order valence-electron chi connectivity index (χ2n) is 5.16. The summed E-state index contributed by atoms with van der Waals surface area (Å²) in [6.07, 6.45) is 7.53. The average molecular weight is 265 g/mol. The van der Waals surface area contributed by atoms with Crippen molar-refractivity contribution in [1.29, 1.82) is 0 Å². The monoisotopic (exact) mass is 265 g/mol. The van der Waals surface area contributed by atoms with Crippen LogP contribution in [-0.2, 0) is 13.1 Å². The molecule has 1 fully saturated rings. The van der Waals surface area contributed by atoms with E-state index in [1.807, 2.05) is 6.92 Å². The molecule has 0 bridgehead atoms. The summed E-state index contributed by atoms with van der Waals surface area (Å²) in [5.74, 6) is 0. The Morgan fingerprint density at radius 1 is 1.32 bits per heavy atom. The van der Waals surface area contributed by atoms with Crippen molar-refractivity contribution in [3.8, 4) is 0 Å². The Bertz CT molecular complexity index is 512. The highest BCUT2D eigenvalue weighted by atomic mass is 16.2. The van der Waals surface area contributed by atoms with Gasteiger partial charge in [0.2, 0.25) is 0 Å². The van der Waals surface area contributed by atoms with Crippen molar-refractivity contribution in [2.45, 2.75) is 58.2 Å². The van der Waals surface area contributed by atoms with Crippen LogP contribution in [0.4, 0.5) is 0 Å². The number of aryl methyl sites for hydroxylation is 1. The van der Waals surface area contributed by atoms with Gasteiger partial charge in [-0.05, 0) is 32.7 Å². The normalized spacial score (nSPS) is 16.1. The molecule has 19 heavy (non-hydrogen) atoms. The van der Waals surface area contributed by atoms with Crippen LogP contribution < -0.4 is 16.6 Å². The quantitative estimate of drug-likeness (QED) is 0.779. The maximum Gasteiger partial charge on any atom is 0.330 e. The Kier molecular flexibility index (Phi) is 4.96. The van der Waals surface area contributed by atoms with Gasteiger partial charge in [0, 0.05) is 31.4 Å². The van der Waals surface area contributed by atoms with E-state index in [1.165, 1.54) is 36.3 Å². The summed E-state index contributed by atoms with van der Waals surface area (Å²) in [6.45, 7) is 3.87. The molecular weight excluding hydrogens is 242 g/mol. The molecule has 0 atom stereocenters. The fourth-order valence-electron chi connectivity index (χ4n) is 2.68. The maximum absolute atomic E-state index is 12.0. The molecule has 2 rings (SSSR count). The molecule has 1 aliphatic rings. The molecule has 0 saturated heterocycles. The molecule has 106 valence electrons. The van der Waals surface area contributed by atoms with Gasteiger partial charge in [0.25, 0.3) is 5.56 Å². The zero-order valence-corrected chi connectivity index (χ0v) is 11.6. The third kappa shape index (κ3) is 3.56. The number of hydrogen-bond donors (Lipinski definition) is 1. The van der Waals surface area contributed by atoms with E-state index in [0.717, 1.165) is 13.0 Å². The van der Waals surface area contributed by atoms with Gasteiger partial charge in [-0.15, -0.1) is 0 Å². The first-order valence-corrected chi connectivity index (χ1v) is 7.26. The van der Waals surface area contributed by atoms with E-state index in [1.54, 1.807) is 10.8 Å². The number of nitrogens with zero attached hydrogens (tertiary/aromatic N) is 2. The molecule has 0 unspecified atom stereocenters. The molecule has 0 aliphatic heterocycles. The first-order chi connectivity index (χ1) is 9.22. The number of rotatable bonds is 6. The van der Waals surface area contributed by atoms with E-state index in [2.05, 4.69) is 5.32 Å². The molecule has 1 aromatic rings. The van der Waals surface area contributed by atoms with Crippen LogP contribution in [0.25, 0.3) is 0 Å². The van der Waals surface area contributed by atoms with E-state index in [4.69, 9.17) is 0 Å². The van der Waals surface area contributed by atoms with Gasteiger partial charge in [0.15, 0.2) is 0 Å². The first kappa shape index (κ1) is 14.1. The molecule has 1 aliphatic carbocycles. The molecule has 1 N–H and O–H groups in total. The largest absolute Gasteiger partial charge is 0.330 e. The van der Waals surface area contributed by atoms with Crippen LogP contribution in [0.1, 0.15) is 39.0 Å². The fourth-order valence-corrected chi connectivity index (χ4v) is 2.68. The maximum atomic E-state index is 12.0. The number of aromatic nitrogens is 2. The van der Waals surface area contributed by atoms with Crippen LogP contribution >= 0.6 is 0 Å². The molecule has 0 spiro atoms. The predicted octanol–water partition coefficient (Wildman–Crippen LogP) is 0.952. The van der Waals surface area contributed by atoms with E-state index < -0.39 is 0 Å². The van der Waals surface area contributed by atoms with Gasteiger partial charge in [-0.3, -0.25) is 9.36 Å². The van der Waals surface area contributed by atoms with E-state index in [0.29, 0.717) is 19.1 Å². The van der Waals surface area contributed by atoms with Crippen LogP contribution in [0.15, 0.2) is 21.9 Å². The summed E-state index contributed by atoms with van der Waals surface area (Å²) < 4.78 is 2.89. The molecule has 5 nitrogen and oxygen atoms in total. The van der Waals surface area contributed by atoms with Gasteiger partial charge >= 0.3 is 5.69 Å². The molecule has 1 saturated carbocycles. The summed E-state index contributed by atoms with van der Waals surface area (Å²) in [6, 6.07) is 2.11. The van der Waals surface area contributed by atoms with Gasteiger partial charge in [0.05, 0.1) is 0 Å². The second kappa shape index (κ2) is 6.70. The Balaban J connectivity index is 1.88. The highest BCUT2D eigenvalue weighted by Gasteiger charge is 2.13. The van der Waals surface area contributed by atoms with E-state index >= 15 is 0 Å². The van der Waals surface area contributed by atoms with Crippen LogP contribution in [0.3, 0.4) is 0 Å². The molecule has 0 radical (unpaired) electrons. The minimum absolute atomic E-state index is 0.198. The van der Waals surface area contributed by atoms with Gasteiger partial charge < -0.3 is 9.88 Å². The van der Waals surface area contributed by atoms with Crippen molar-refractivity contribution in [3.05, 3.63) is 33.1 Å².